The van der Waals surface area contributed by atoms with Gasteiger partial charge in [-0.3, -0.25) is 0 Å². The number of rotatable bonds is 3. The Balaban J connectivity index is 1.59. The molecule has 27 heavy (non-hydrogen) atoms. The second-order valence-electron chi connectivity index (χ2n) is 10.3. The molecule has 4 rings (SSSR count). The largest absolute Gasteiger partial charge is 0.217 e. The highest BCUT2D eigenvalue weighted by Crippen LogP contribution is 2.39. The van der Waals surface area contributed by atoms with Gasteiger partial charge >= 0.3 is 0 Å². The summed E-state index contributed by atoms with van der Waals surface area (Å²) in [5, 5.41) is 0. The van der Waals surface area contributed by atoms with Crippen molar-refractivity contribution in [2.75, 3.05) is 0 Å². The molecule has 1 aromatic heterocycles. The Morgan fingerprint density at radius 2 is 0.630 bits per heavy atom. The van der Waals surface area contributed by atoms with Crippen LogP contribution in [-0.4, -0.2) is 15.0 Å². The molecule has 0 radical (unpaired) electrons. The highest BCUT2D eigenvalue weighted by molar-refractivity contribution is 5.11. The maximum Gasteiger partial charge on any atom is 0.135 e. The predicted octanol–water partition coefficient (Wildman–Crippen LogP) is 6.75. The van der Waals surface area contributed by atoms with Gasteiger partial charge in [-0.2, -0.15) is 0 Å². The van der Waals surface area contributed by atoms with E-state index in [9.17, 15) is 0 Å². The van der Waals surface area contributed by atoms with E-state index in [0.717, 1.165) is 35.2 Å². The van der Waals surface area contributed by atoms with Crippen LogP contribution in [0, 0.1) is 17.8 Å². The van der Waals surface area contributed by atoms with E-state index in [4.69, 9.17) is 15.0 Å². The molecule has 3 saturated carbocycles. The van der Waals surface area contributed by atoms with E-state index in [1.165, 1.54) is 77.0 Å². The molecule has 0 spiro atoms. The monoisotopic (exact) mass is 369 g/mol. The molecule has 0 aliphatic heterocycles. The van der Waals surface area contributed by atoms with Gasteiger partial charge in [-0.1, -0.05) is 59.3 Å². The van der Waals surface area contributed by atoms with Gasteiger partial charge in [0, 0.05) is 17.8 Å². The summed E-state index contributed by atoms with van der Waals surface area (Å²) in [6.07, 6.45) is 15.6. The third kappa shape index (κ3) is 4.71. The van der Waals surface area contributed by atoms with Crippen LogP contribution in [0.4, 0.5) is 0 Å². The van der Waals surface area contributed by atoms with E-state index in [-0.39, 0.29) is 0 Å². The van der Waals surface area contributed by atoms with E-state index >= 15 is 0 Å². The molecule has 3 aliphatic carbocycles. The SMILES string of the molecule is CC1CCC(c2nc(C3CCC(C)CC3)nc(C3CCC(C)CC3)n2)CC1. The highest BCUT2D eigenvalue weighted by Gasteiger charge is 2.29. The lowest BCUT2D eigenvalue weighted by molar-refractivity contribution is 0.316. The molecular weight excluding hydrogens is 330 g/mol. The first kappa shape index (κ1) is 19.3. The van der Waals surface area contributed by atoms with Gasteiger partial charge in [-0.05, 0) is 56.3 Å². The van der Waals surface area contributed by atoms with Gasteiger partial charge < -0.3 is 0 Å². The average Bonchev–Trinajstić information content (AvgIpc) is 2.69. The van der Waals surface area contributed by atoms with Crippen LogP contribution in [0.5, 0.6) is 0 Å². The summed E-state index contributed by atoms with van der Waals surface area (Å²) >= 11 is 0. The molecule has 3 aliphatic rings. The summed E-state index contributed by atoms with van der Waals surface area (Å²) in [4.78, 5) is 15.4. The van der Waals surface area contributed by atoms with Crippen LogP contribution in [0.1, 0.15) is 133 Å². The van der Waals surface area contributed by atoms with Gasteiger partial charge in [-0.25, -0.2) is 15.0 Å². The first-order chi connectivity index (χ1) is 13.1. The Kier molecular flexibility index (Phi) is 6.14. The molecule has 1 aromatic rings. The molecule has 0 atom stereocenters. The summed E-state index contributed by atoms with van der Waals surface area (Å²) in [6, 6.07) is 0. The van der Waals surface area contributed by atoms with Crippen molar-refractivity contribution in [3.8, 4) is 0 Å². The summed E-state index contributed by atoms with van der Waals surface area (Å²) in [6.45, 7) is 7.19. The molecule has 0 amide bonds. The van der Waals surface area contributed by atoms with Crippen LogP contribution in [0.3, 0.4) is 0 Å². The summed E-state index contributed by atoms with van der Waals surface area (Å²) in [5.41, 5.74) is 0. The maximum atomic E-state index is 5.12. The Morgan fingerprint density at radius 1 is 0.407 bits per heavy atom. The fourth-order valence-corrected chi connectivity index (χ4v) is 5.53. The molecule has 0 saturated heterocycles. The zero-order valence-electron chi connectivity index (χ0n) is 17.8. The molecule has 3 fully saturated rings. The summed E-state index contributed by atoms with van der Waals surface area (Å²) in [5.74, 6) is 7.81. The zero-order valence-corrected chi connectivity index (χ0v) is 17.8. The van der Waals surface area contributed by atoms with Crippen LogP contribution in [0.15, 0.2) is 0 Å². The van der Waals surface area contributed by atoms with Crippen LogP contribution in [0.25, 0.3) is 0 Å². The van der Waals surface area contributed by atoms with Crippen molar-refractivity contribution < 1.29 is 0 Å². The maximum absolute atomic E-state index is 5.12. The van der Waals surface area contributed by atoms with E-state index in [1.807, 2.05) is 0 Å². The van der Waals surface area contributed by atoms with Crippen molar-refractivity contribution in [3.05, 3.63) is 17.5 Å². The topological polar surface area (TPSA) is 38.7 Å². The first-order valence-corrected chi connectivity index (χ1v) is 11.8. The summed E-state index contributed by atoms with van der Waals surface area (Å²) in [7, 11) is 0. The number of hydrogen-bond acceptors (Lipinski definition) is 3. The van der Waals surface area contributed by atoms with E-state index < -0.39 is 0 Å². The van der Waals surface area contributed by atoms with Crippen LogP contribution < -0.4 is 0 Å². The second kappa shape index (κ2) is 8.57. The van der Waals surface area contributed by atoms with E-state index in [0.29, 0.717) is 17.8 Å². The number of aromatic nitrogens is 3. The standard InChI is InChI=1S/C24H39N3/c1-16-4-10-19(11-5-16)22-25-23(20-12-6-17(2)7-13-20)27-24(26-22)21-14-8-18(3)9-15-21/h16-21H,4-15H2,1-3H3. The van der Waals surface area contributed by atoms with Crippen molar-refractivity contribution in [3.63, 3.8) is 0 Å². The minimum Gasteiger partial charge on any atom is -0.217 e. The van der Waals surface area contributed by atoms with Crippen LogP contribution in [0.2, 0.25) is 0 Å². The van der Waals surface area contributed by atoms with Gasteiger partial charge in [0.25, 0.3) is 0 Å². The minimum absolute atomic E-state index is 0.576. The van der Waals surface area contributed by atoms with Crippen molar-refractivity contribution in [1.29, 1.82) is 0 Å². The Hall–Kier alpha value is -0.990. The molecule has 1 heterocycles. The molecule has 150 valence electrons. The van der Waals surface area contributed by atoms with Gasteiger partial charge in [0.2, 0.25) is 0 Å². The average molecular weight is 370 g/mol. The van der Waals surface area contributed by atoms with E-state index in [2.05, 4.69) is 20.8 Å². The molecule has 0 unspecified atom stereocenters. The van der Waals surface area contributed by atoms with Crippen molar-refractivity contribution in [1.82, 2.24) is 15.0 Å². The molecule has 3 nitrogen and oxygen atoms in total. The lowest BCUT2D eigenvalue weighted by Crippen LogP contribution is -2.22. The van der Waals surface area contributed by atoms with E-state index in [1.54, 1.807) is 0 Å². The quantitative estimate of drug-likeness (QED) is 0.591. The summed E-state index contributed by atoms with van der Waals surface area (Å²) < 4.78 is 0. The zero-order chi connectivity index (χ0) is 18.8. The Labute approximate surface area is 166 Å². The van der Waals surface area contributed by atoms with Gasteiger partial charge in [0.05, 0.1) is 0 Å². The number of nitrogens with zero attached hydrogens (tertiary/aromatic N) is 3. The Bertz CT molecular complexity index is 506. The third-order valence-corrected chi connectivity index (χ3v) is 7.83. The van der Waals surface area contributed by atoms with Crippen LogP contribution >= 0.6 is 0 Å². The lowest BCUT2D eigenvalue weighted by atomic mass is 9.80. The highest BCUT2D eigenvalue weighted by atomic mass is 15.0. The smallest absolute Gasteiger partial charge is 0.135 e. The minimum atomic E-state index is 0.576. The van der Waals surface area contributed by atoms with Crippen molar-refractivity contribution in [2.45, 2.75) is 116 Å². The van der Waals surface area contributed by atoms with Gasteiger partial charge in [0.1, 0.15) is 17.5 Å². The van der Waals surface area contributed by atoms with Crippen molar-refractivity contribution >= 4 is 0 Å². The normalized spacial score (nSPS) is 37.9. The molecular formula is C24H39N3. The molecule has 0 bridgehead atoms. The fraction of sp³-hybridized carbons (Fsp3) is 0.875. The molecule has 0 aromatic carbocycles. The van der Waals surface area contributed by atoms with Gasteiger partial charge in [-0.15, -0.1) is 0 Å². The van der Waals surface area contributed by atoms with Gasteiger partial charge in [0.15, 0.2) is 0 Å². The fourth-order valence-electron chi connectivity index (χ4n) is 5.53. The Morgan fingerprint density at radius 3 is 0.852 bits per heavy atom. The van der Waals surface area contributed by atoms with Crippen LogP contribution in [-0.2, 0) is 0 Å². The van der Waals surface area contributed by atoms with Crippen molar-refractivity contribution in [2.24, 2.45) is 17.8 Å². The third-order valence-electron chi connectivity index (χ3n) is 7.83. The first-order valence-electron chi connectivity index (χ1n) is 11.8. The second-order valence-corrected chi connectivity index (χ2v) is 10.3. The number of hydrogen-bond donors (Lipinski definition) is 0. The predicted molar refractivity (Wildman–Crippen MR) is 111 cm³/mol. The molecule has 3 heteroatoms. The lowest BCUT2D eigenvalue weighted by Gasteiger charge is -2.30. The molecule has 0 N–H and O–H groups in total.